The van der Waals surface area contributed by atoms with Crippen LogP contribution in [-0.4, -0.2) is 13.1 Å². The van der Waals surface area contributed by atoms with Gasteiger partial charge < -0.3 is 10.6 Å². The molecule has 0 atom stereocenters. The van der Waals surface area contributed by atoms with Crippen molar-refractivity contribution in [3.05, 3.63) is 54.1 Å². The number of nitrogens with zero attached hydrogens (tertiary/aromatic N) is 1. The molecule has 4 nitrogen and oxygen atoms in total. The molecule has 0 spiro atoms. The predicted molar refractivity (Wildman–Crippen MR) is 74.7 cm³/mol. The van der Waals surface area contributed by atoms with Crippen molar-refractivity contribution in [3.63, 3.8) is 0 Å². The Bertz CT molecular complexity index is 609. The average Bonchev–Trinajstić information content (AvgIpc) is 2.48. The zero-order chi connectivity index (χ0) is 13.7. The first-order valence-electron chi connectivity index (χ1n) is 5.82. The second-order valence-corrected chi connectivity index (χ2v) is 3.97. The number of nitrogens with one attached hydrogen (secondary N) is 2. The van der Waals surface area contributed by atoms with Crippen LogP contribution in [0.4, 0.5) is 10.5 Å². The van der Waals surface area contributed by atoms with Gasteiger partial charge in [-0.05, 0) is 35.4 Å². The summed E-state index contributed by atoms with van der Waals surface area (Å²) >= 11 is 0. The summed E-state index contributed by atoms with van der Waals surface area (Å²) in [7, 11) is 1.57. The van der Waals surface area contributed by atoms with Gasteiger partial charge >= 0.3 is 6.03 Å². The molecular weight excluding hydrogens is 238 g/mol. The SMILES string of the molecule is CNC(=O)Nc1ccc(-c2ccc(C#N)cc2)cc1. The Morgan fingerprint density at radius 3 is 2.00 bits per heavy atom. The Morgan fingerprint density at radius 1 is 1.00 bits per heavy atom. The standard InChI is InChI=1S/C15H13N3O/c1-17-15(19)18-14-8-6-13(7-9-14)12-4-2-11(10-16)3-5-12/h2-9H,1H3,(H2,17,18,19). The lowest BCUT2D eigenvalue weighted by atomic mass is 10.0. The third kappa shape index (κ3) is 3.11. The molecule has 19 heavy (non-hydrogen) atoms. The summed E-state index contributed by atoms with van der Waals surface area (Å²) in [6.45, 7) is 0. The largest absolute Gasteiger partial charge is 0.341 e. The molecular formula is C15H13N3O. The van der Waals surface area contributed by atoms with Crippen LogP contribution in [0, 0.1) is 11.3 Å². The number of carbonyl (C=O) groups is 1. The molecule has 0 fully saturated rings. The molecule has 0 aliphatic heterocycles. The summed E-state index contributed by atoms with van der Waals surface area (Å²) in [6.07, 6.45) is 0. The van der Waals surface area contributed by atoms with Gasteiger partial charge in [0.25, 0.3) is 0 Å². The molecule has 0 bridgehead atoms. The summed E-state index contributed by atoms with van der Waals surface area (Å²) in [6, 6.07) is 16.7. The zero-order valence-electron chi connectivity index (χ0n) is 10.5. The van der Waals surface area contributed by atoms with Crippen molar-refractivity contribution in [1.29, 1.82) is 5.26 Å². The van der Waals surface area contributed by atoms with Gasteiger partial charge in [-0.15, -0.1) is 0 Å². The Kier molecular flexibility index (Phi) is 3.79. The highest BCUT2D eigenvalue weighted by Gasteiger charge is 2.00. The number of nitriles is 1. The van der Waals surface area contributed by atoms with E-state index < -0.39 is 0 Å². The second kappa shape index (κ2) is 5.69. The molecule has 2 amide bonds. The molecule has 2 N–H and O–H groups in total. The van der Waals surface area contributed by atoms with E-state index in [1.807, 2.05) is 36.4 Å². The molecule has 0 saturated carbocycles. The number of carbonyl (C=O) groups excluding carboxylic acids is 1. The van der Waals surface area contributed by atoms with E-state index in [1.54, 1.807) is 19.2 Å². The van der Waals surface area contributed by atoms with Crippen LogP contribution in [0.15, 0.2) is 48.5 Å². The van der Waals surface area contributed by atoms with Gasteiger partial charge in [0.05, 0.1) is 11.6 Å². The zero-order valence-corrected chi connectivity index (χ0v) is 10.5. The van der Waals surface area contributed by atoms with Gasteiger partial charge in [-0.25, -0.2) is 4.79 Å². The number of urea groups is 1. The van der Waals surface area contributed by atoms with Crippen LogP contribution in [0.5, 0.6) is 0 Å². The van der Waals surface area contributed by atoms with E-state index in [0.29, 0.717) is 5.56 Å². The van der Waals surface area contributed by atoms with E-state index in [9.17, 15) is 4.79 Å². The summed E-state index contributed by atoms with van der Waals surface area (Å²) in [5.41, 5.74) is 3.44. The monoisotopic (exact) mass is 251 g/mol. The van der Waals surface area contributed by atoms with E-state index in [-0.39, 0.29) is 6.03 Å². The fraction of sp³-hybridized carbons (Fsp3) is 0.0667. The van der Waals surface area contributed by atoms with Crippen molar-refractivity contribution in [2.75, 3.05) is 12.4 Å². The van der Waals surface area contributed by atoms with Crippen LogP contribution in [0.25, 0.3) is 11.1 Å². The highest BCUT2D eigenvalue weighted by atomic mass is 16.2. The predicted octanol–water partition coefficient (Wildman–Crippen LogP) is 2.98. The maximum atomic E-state index is 11.2. The minimum atomic E-state index is -0.244. The Hall–Kier alpha value is -2.80. The molecule has 0 saturated heterocycles. The average molecular weight is 251 g/mol. The maximum absolute atomic E-state index is 11.2. The molecule has 2 aromatic rings. The van der Waals surface area contributed by atoms with Gasteiger partial charge in [0.1, 0.15) is 0 Å². The Labute approximate surface area is 111 Å². The Morgan fingerprint density at radius 2 is 1.53 bits per heavy atom. The fourth-order valence-electron chi connectivity index (χ4n) is 1.68. The first-order chi connectivity index (χ1) is 9.22. The van der Waals surface area contributed by atoms with Crippen LogP contribution in [-0.2, 0) is 0 Å². The molecule has 0 heterocycles. The minimum absolute atomic E-state index is 0.244. The summed E-state index contributed by atoms with van der Waals surface area (Å²) in [5.74, 6) is 0. The van der Waals surface area contributed by atoms with Gasteiger partial charge in [0.2, 0.25) is 0 Å². The van der Waals surface area contributed by atoms with Gasteiger partial charge in [0.15, 0.2) is 0 Å². The van der Waals surface area contributed by atoms with Gasteiger partial charge in [-0.2, -0.15) is 5.26 Å². The molecule has 94 valence electrons. The van der Waals surface area contributed by atoms with Crippen molar-refractivity contribution in [3.8, 4) is 17.2 Å². The van der Waals surface area contributed by atoms with Crippen molar-refractivity contribution >= 4 is 11.7 Å². The second-order valence-electron chi connectivity index (χ2n) is 3.97. The number of hydrogen-bond donors (Lipinski definition) is 2. The van der Waals surface area contributed by atoms with Gasteiger partial charge in [-0.3, -0.25) is 0 Å². The van der Waals surface area contributed by atoms with Crippen LogP contribution in [0.1, 0.15) is 5.56 Å². The molecule has 0 aliphatic carbocycles. The van der Waals surface area contributed by atoms with Crippen molar-refractivity contribution in [2.45, 2.75) is 0 Å². The first kappa shape index (κ1) is 12.7. The number of rotatable bonds is 2. The van der Waals surface area contributed by atoms with E-state index in [4.69, 9.17) is 5.26 Å². The first-order valence-corrected chi connectivity index (χ1v) is 5.82. The van der Waals surface area contributed by atoms with Crippen LogP contribution in [0.2, 0.25) is 0 Å². The molecule has 0 radical (unpaired) electrons. The summed E-state index contributed by atoms with van der Waals surface area (Å²) < 4.78 is 0. The van der Waals surface area contributed by atoms with Gasteiger partial charge in [0, 0.05) is 12.7 Å². The number of anilines is 1. The third-order valence-electron chi connectivity index (χ3n) is 2.72. The van der Waals surface area contributed by atoms with Crippen molar-refractivity contribution in [1.82, 2.24) is 5.32 Å². The molecule has 4 heteroatoms. The quantitative estimate of drug-likeness (QED) is 0.861. The van der Waals surface area contributed by atoms with Crippen LogP contribution < -0.4 is 10.6 Å². The van der Waals surface area contributed by atoms with E-state index in [2.05, 4.69) is 16.7 Å². The molecule has 0 unspecified atom stereocenters. The van der Waals surface area contributed by atoms with Crippen LogP contribution in [0.3, 0.4) is 0 Å². The topological polar surface area (TPSA) is 64.9 Å². The maximum Gasteiger partial charge on any atom is 0.318 e. The molecule has 0 aromatic heterocycles. The van der Waals surface area contributed by atoms with Crippen molar-refractivity contribution in [2.24, 2.45) is 0 Å². The summed E-state index contributed by atoms with van der Waals surface area (Å²) in [4.78, 5) is 11.2. The lowest BCUT2D eigenvalue weighted by molar-refractivity contribution is 0.254. The van der Waals surface area contributed by atoms with Crippen molar-refractivity contribution < 1.29 is 4.79 Å². The van der Waals surface area contributed by atoms with Gasteiger partial charge in [-0.1, -0.05) is 24.3 Å². The number of benzene rings is 2. The normalized spacial score (nSPS) is 9.47. The van der Waals surface area contributed by atoms with E-state index in [0.717, 1.165) is 16.8 Å². The Balaban J connectivity index is 2.17. The number of amides is 2. The lowest BCUT2D eigenvalue weighted by Gasteiger charge is -2.06. The highest BCUT2D eigenvalue weighted by molar-refractivity contribution is 5.89. The summed E-state index contributed by atoms with van der Waals surface area (Å²) in [5, 5.41) is 13.9. The highest BCUT2D eigenvalue weighted by Crippen LogP contribution is 2.21. The molecule has 0 aliphatic rings. The minimum Gasteiger partial charge on any atom is -0.341 e. The van der Waals surface area contributed by atoms with Crippen LogP contribution >= 0.6 is 0 Å². The van der Waals surface area contributed by atoms with E-state index in [1.165, 1.54) is 0 Å². The van der Waals surface area contributed by atoms with E-state index >= 15 is 0 Å². The molecule has 2 aromatic carbocycles. The molecule has 2 rings (SSSR count). The third-order valence-corrected chi connectivity index (χ3v) is 2.72. The smallest absolute Gasteiger partial charge is 0.318 e. The fourth-order valence-corrected chi connectivity index (χ4v) is 1.68. The number of hydrogen-bond acceptors (Lipinski definition) is 2. The lowest BCUT2D eigenvalue weighted by Crippen LogP contribution is -2.24.